The molecule has 2 nitrogen and oxygen atoms in total. The van der Waals surface area contributed by atoms with E-state index in [1.165, 1.54) is 0 Å². The lowest BCUT2D eigenvalue weighted by molar-refractivity contribution is 0.609. The minimum absolute atomic E-state index is 0.181. The Labute approximate surface area is 121 Å². The van der Waals surface area contributed by atoms with Gasteiger partial charge in [0, 0.05) is 16.3 Å². The highest BCUT2D eigenvalue weighted by molar-refractivity contribution is 6.34. The van der Waals surface area contributed by atoms with Gasteiger partial charge in [0.05, 0.1) is 0 Å². The van der Waals surface area contributed by atoms with Gasteiger partial charge in [-0.05, 0) is 37.1 Å². The van der Waals surface area contributed by atoms with Crippen LogP contribution in [-0.4, -0.2) is 10.2 Å². The molecule has 0 bridgehead atoms. The maximum absolute atomic E-state index is 13.7. The van der Waals surface area contributed by atoms with Gasteiger partial charge in [0.2, 0.25) is 0 Å². The number of hydrogen-bond acceptors (Lipinski definition) is 2. The Bertz CT molecular complexity index is 792. The Balaban J connectivity index is 2.33. The number of halogens is 2. The van der Waals surface area contributed by atoms with Crippen LogP contribution in [0, 0.1) is 19.7 Å². The lowest BCUT2D eigenvalue weighted by Gasteiger charge is -2.09. The van der Waals surface area contributed by atoms with Crippen LogP contribution in [0.4, 0.5) is 4.39 Å². The van der Waals surface area contributed by atoms with Crippen LogP contribution in [0.25, 0.3) is 22.0 Å². The number of benzene rings is 2. The van der Waals surface area contributed by atoms with Crippen LogP contribution < -0.4 is 0 Å². The molecule has 0 spiro atoms. The van der Waals surface area contributed by atoms with Crippen molar-refractivity contribution in [1.29, 1.82) is 0 Å². The van der Waals surface area contributed by atoms with E-state index >= 15 is 0 Å². The van der Waals surface area contributed by atoms with Crippen LogP contribution >= 0.6 is 11.6 Å². The predicted octanol–water partition coefficient (Wildman–Crippen LogP) is 4.71. The SMILES string of the molecule is Cc1cc(-c2nnc(Cl)c3ccccc23)cc(C)c1F. The van der Waals surface area contributed by atoms with Crippen molar-refractivity contribution in [1.82, 2.24) is 10.2 Å². The number of fused-ring (bicyclic) bond motifs is 1. The lowest BCUT2D eigenvalue weighted by Crippen LogP contribution is -1.95. The molecular weight excluding hydrogens is 275 g/mol. The van der Waals surface area contributed by atoms with Crippen molar-refractivity contribution in [2.24, 2.45) is 0 Å². The molecule has 0 radical (unpaired) electrons. The largest absolute Gasteiger partial charge is 0.206 e. The zero-order chi connectivity index (χ0) is 14.3. The van der Waals surface area contributed by atoms with Gasteiger partial charge in [-0.1, -0.05) is 35.9 Å². The van der Waals surface area contributed by atoms with Crippen molar-refractivity contribution in [2.75, 3.05) is 0 Å². The standard InChI is InChI=1S/C16H12ClFN2/c1-9-7-11(8-10(2)14(9)18)15-12-5-3-4-6-13(12)16(17)20-19-15/h3-8H,1-2H3. The molecule has 4 heteroatoms. The van der Waals surface area contributed by atoms with E-state index in [1.54, 1.807) is 26.0 Å². The molecule has 0 unspecified atom stereocenters. The molecule has 0 saturated heterocycles. The van der Waals surface area contributed by atoms with Gasteiger partial charge in [0.1, 0.15) is 11.5 Å². The van der Waals surface area contributed by atoms with Gasteiger partial charge in [0.15, 0.2) is 5.15 Å². The first-order valence-corrected chi connectivity index (χ1v) is 6.64. The average Bonchev–Trinajstić information content (AvgIpc) is 2.45. The number of aromatic nitrogens is 2. The zero-order valence-electron chi connectivity index (χ0n) is 11.1. The van der Waals surface area contributed by atoms with Gasteiger partial charge in [0.25, 0.3) is 0 Å². The molecule has 2 aromatic carbocycles. The van der Waals surface area contributed by atoms with E-state index in [0.29, 0.717) is 16.3 Å². The Morgan fingerprint density at radius 3 is 2.20 bits per heavy atom. The van der Waals surface area contributed by atoms with Crippen LogP contribution in [0.1, 0.15) is 11.1 Å². The molecule has 100 valence electrons. The predicted molar refractivity (Wildman–Crippen MR) is 79.4 cm³/mol. The summed E-state index contributed by atoms with van der Waals surface area (Å²) in [6.45, 7) is 3.49. The molecule has 0 saturated carbocycles. The maximum Gasteiger partial charge on any atom is 0.159 e. The van der Waals surface area contributed by atoms with Crippen molar-refractivity contribution in [2.45, 2.75) is 13.8 Å². The van der Waals surface area contributed by atoms with Crippen molar-refractivity contribution < 1.29 is 4.39 Å². The number of hydrogen-bond donors (Lipinski definition) is 0. The highest BCUT2D eigenvalue weighted by atomic mass is 35.5. The summed E-state index contributed by atoms with van der Waals surface area (Å²) < 4.78 is 13.7. The number of rotatable bonds is 1. The Hall–Kier alpha value is -2.00. The van der Waals surface area contributed by atoms with Gasteiger partial charge in [-0.2, -0.15) is 0 Å². The summed E-state index contributed by atoms with van der Waals surface area (Å²) in [6.07, 6.45) is 0. The van der Waals surface area contributed by atoms with E-state index in [0.717, 1.165) is 22.0 Å². The zero-order valence-corrected chi connectivity index (χ0v) is 11.9. The Morgan fingerprint density at radius 1 is 0.950 bits per heavy atom. The molecule has 0 aliphatic carbocycles. The van der Waals surface area contributed by atoms with Gasteiger partial charge < -0.3 is 0 Å². The van der Waals surface area contributed by atoms with Crippen LogP contribution in [0.5, 0.6) is 0 Å². The van der Waals surface area contributed by atoms with Crippen molar-refractivity contribution in [3.63, 3.8) is 0 Å². The smallest absolute Gasteiger partial charge is 0.159 e. The maximum atomic E-state index is 13.7. The van der Waals surface area contributed by atoms with Crippen LogP contribution in [0.15, 0.2) is 36.4 Å². The third-order valence-corrected chi connectivity index (χ3v) is 3.63. The molecule has 0 fully saturated rings. The Kier molecular flexibility index (Phi) is 3.14. The fraction of sp³-hybridized carbons (Fsp3) is 0.125. The molecule has 1 heterocycles. The number of aryl methyl sites for hydroxylation is 2. The minimum Gasteiger partial charge on any atom is -0.206 e. The third kappa shape index (κ3) is 2.04. The minimum atomic E-state index is -0.181. The van der Waals surface area contributed by atoms with E-state index in [4.69, 9.17) is 11.6 Å². The first kappa shape index (κ1) is 13.0. The van der Waals surface area contributed by atoms with E-state index in [2.05, 4.69) is 10.2 Å². The van der Waals surface area contributed by atoms with Gasteiger partial charge >= 0.3 is 0 Å². The topological polar surface area (TPSA) is 25.8 Å². The first-order chi connectivity index (χ1) is 9.58. The molecule has 0 aliphatic rings. The van der Waals surface area contributed by atoms with Crippen molar-refractivity contribution in [3.05, 3.63) is 58.5 Å². The second kappa shape index (κ2) is 4.84. The molecule has 0 N–H and O–H groups in total. The van der Waals surface area contributed by atoms with E-state index in [1.807, 2.05) is 24.3 Å². The molecule has 0 aliphatic heterocycles. The van der Waals surface area contributed by atoms with Crippen LogP contribution in [0.2, 0.25) is 5.15 Å². The van der Waals surface area contributed by atoms with Gasteiger partial charge in [-0.25, -0.2) is 4.39 Å². The van der Waals surface area contributed by atoms with Gasteiger partial charge in [-0.3, -0.25) is 0 Å². The molecule has 3 aromatic rings. The molecular formula is C16H12ClFN2. The van der Waals surface area contributed by atoms with Gasteiger partial charge in [-0.15, -0.1) is 10.2 Å². The second-order valence-electron chi connectivity index (χ2n) is 4.81. The first-order valence-electron chi connectivity index (χ1n) is 6.26. The summed E-state index contributed by atoms with van der Waals surface area (Å²) in [5, 5.41) is 10.3. The van der Waals surface area contributed by atoms with Crippen molar-refractivity contribution in [3.8, 4) is 11.3 Å². The monoisotopic (exact) mass is 286 g/mol. The fourth-order valence-electron chi connectivity index (χ4n) is 2.37. The Morgan fingerprint density at radius 2 is 1.55 bits per heavy atom. The molecule has 20 heavy (non-hydrogen) atoms. The summed E-state index contributed by atoms with van der Waals surface area (Å²) in [6, 6.07) is 11.2. The summed E-state index contributed by atoms with van der Waals surface area (Å²) in [4.78, 5) is 0. The number of nitrogens with zero attached hydrogens (tertiary/aromatic N) is 2. The summed E-state index contributed by atoms with van der Waals surface area (Å²) in [7, 11) is 0. The quantitative estimate of drug-likeness (QED) is 0.647. The summed E-state index contributed by atoms with van der Waals surface area (Å²) >= 11 is 6.07. The summed E-state index contributed by atoms with van der Waals surface area (Å²) in [5.74, 6) is -0.181. The molecule has 3 rings (SSSR count). The van der Waals surface area contributed by atoms with Crippen LogP contribution in [0.3, 0.4) is 0 Å². The normalized spacial score (nSPS) is 11.0. The average molecular weight is 287 g/mol. The summed E-state index contributed by atoms with van der Waals surface area (Å²) in [5.41, 5.74) is 2.76. The molecule has 0 atom stereocenters. The fourth-order valence-corrected chi connectivity index (χ4v) is 2.57. The van der Waals surface area contributed by atoms with Crippen molar-refractivity contribution >= 4 is 22.4 Å². The highest BCUT2D eigenvalue weighted by Crippen LogP contribution is 2.31. The van der Waals surface area contributed by atoms with E-state index in [-0.39, 0.29) is 5.82 Å². The molecule has 0 amide bonds. The van der Waals surface area contributed by atoms with Crippen LogP contribution in [-0.2, 0) is 0 Å². The lowest BCUT2D eigenvalue weighted by atomic mass is 10.0. The van der Waals surface area contributed by atoms with E-state index < -0.39 is 0 Å². The van der Waals surface area contributed by atoms with E-state index in [9.17, 15) is 4.39 Å². The highest BCUT2D eigenvalue weighted by Gasteiger charge is 2.12. The molecule has 1 aromatic heterocycles. The third-order valence-electron chi connectivity index (χ3n) is 3.35. The second-order valence-corrected chi connectivity index (χ2v) is 5.17.